The van der Waals surface area contributed by atoms with Crippen LogP contribution >= 0.6 is 0 Å². The first-order valence-corrected chi connectivity index (χ1v) is 5.80. The Morgan fingerprint density at radius 3 is 2.40 bits per heavy atom. The molecule has 1 aromatic carbocycles. The van der Waals surface area contributed by atoms with Gasteiger partial charge in [-0.25, -0.2) is 14.0 Å². The van der Waals surface area contributed by atoms with Crippen molar-refractivity contribution >= 4 is 17.7 Å². The van der Waals surface area contributed by atoms with Crippen LogP contribution in [0.4, 0.5) is 14.9 Å². The molecule has 1 aromatic rings. The van der Waals surface area contributed by atoms with Gasteiger partial charge >= 0.3 is 12.0 Å². The summed E-state index contributed by atoms with van der Waals surface area (Å²) in [6.45, 7) is 7.56. The number of halogens is 1. The second-order valence-corrected chi connectivity index (χ2v) is 3.91. The molecular weight excluding hydrogens is 263 g/mol. The molecule has 5 nitrogen and oxygen atoms in total. The number of nitrogens with one attached hydrogen (secondary N) is 1. The van der Waals surface area contributed by atoms with Crippen LogP contribution in [0.15, 0.2) is 43.5 Å². The fourth-order valence-electron chi connectivity index (χ4n) is 1.55. The van der Waals surface area contributed by atoms with Crippen molar-refractivity contribution in [3.05, 3.63) is 54.9 Å². The monoisotopic (exact) mass is 278 g/mol. The lowest BCUT2D eigenvalue weighted by atomic mass is 10.2. The second kappa shape index (κ2) is 7.08. The number of aromatic carboxylic acids is 1. The number of carbonyl (C=O) groups excluding carboxylic acids is 1. The van der Waals surface area contributed by atoms with E-state index in [1.807, 2.05) is 0 Å². The van der Waals surface area contributed by atoms with Gasteiger partial charge in [0.05, 0.1) is 11.3 Å². The summed E-state index contributed by atoms with van der Waals surface area (Å²) in [7, 11) is 0. The Hall–Kier alpha value is -2.63. The van der Waals surface area contributed by atoms with Crippen LogP contribution in [0.1, 0.15) is 10.4 Å². The average molecular weight is 278 g/mol. The highest BCUT2D eigenvalue weighted by molar-refractivity contribution is 6.00. The molecule has 2 N–H and O–H groups in total. The highest BCUT2D eigenvalue weighted by Gasteiger charge is 2.16. The molecule has 20 heavy (non-hydrogen) atoms. The van der Waals surface area contributed by atoms with Gasteiger partial charge in [-0.1, -0.05) is 12.2 Å². The third kappa shape index (κ3) is 3.94. The molecule has 0 unspecified atom stereocenters. The Morgan fingerprint density at radius 2 is 1.90 bits per heavy atom. The van der Waals surface area contributed by atoms with Crippen molar-refractivity contribution in [3.63, 3.8) is 0 Å². The van der Waals surface area contributed by atoms with E-state index in [1.165, 1.54) is 17.1 Å². The minimum Gasteiger partial charge on any atom is -0.478 e. The van der Waals surface area contributed by atoms with Gasteiger partial charge in [-0.05, 0) is 18.2 Å². The third-order valence-electron chi connectivity index (χ3n) is 2.44. The van der Waals surface area contributed by atoms with Crippen LogP contribution in [0.2, 0.25) is 0 Å². The van der Waals surface area contributed by atoms with Gasteiger partial charge in [-0.15, -0.1) is 13.2 Å². The molecule has 6 heteroatoms. The van der Waals surface area contributed by atoms with E-state index in [0.29, 0.717) is 0 Å². The molecule has 0 radical (unpaired) electrons. The van der Waals surface area contributed by atoms with Crippen molar-refractivity contribution < 1.29 is 19.1 Å². The Bertz CT molecular complexity index is 533. The molecule has 0 aliphatic carbocycles. The molecule has 0 aromatic heterocycles. The maximum atomic E-state index is 13.2. The quantitative estimate of drug-likeness (QED) is 0.786. The number of nitrogens with zero attached hydrogens (tertiary/aromatic N) is 1. The van der Waals surface area contributed by atoms with Gasteiger partial charge in [-0.2, -0.15) is 0 Å². The predicted molar refractivity (Wildman–Crippen MR) is 74.3 cm³/mol. The highest BCUT2D eigenvalue weighted by atomic mass is 19.1. The molecule has 106 valence electrons. The van der Waals surface area contributed by atoms with Crippen LogP contribution in [-0.2, 0) is 0 Å². The van der Waals surface area contributed by atoms with Gasteiger partial charge in [0.25, 0.3) is 0 Å². The standard InChI is InChI=1S/C14H15FN2O3/c1-3-7-17(8-4-2)14(20)16-12-9-10(15)5-6-11(12)13(18)19/h3-6,9H,1-2,7-8H2,(H,16,20)(H,18,19). The fourth-order valence-corrected chi connectivity index (χ4v) is 1.55. The van der Waals surface area contributed by atoms with Crippen molar-refractivity contribution in [2.75, 3.05) is 18.4 Å². The predicted octanol–water partition coefficient (Wildman–Crippen LogP) is 2.73. The van der Waals surface area contributed by atoms with Gasteiger partial charge < -0.3 is 15.3 Å². The van der Waals surface area contributed by atoms with Crippen LogP contribution in [0, 0.1) is 5.82 Å². The number of carboxylic acid groups (broad SMARTS) is 1. The maximum Gasteiger partial charge on any atom is 0.337 e. The molecule has 0 heterocycles. The molecule has 0 bridgehead atoms. The van der Waals surface area contributed by atoms with Crippen LogP contribution in [-0.4, -0.2) is 35.1 Å². The number of benzene rings is 1. The van der Waals surface area contributed by atoms with E-state index in [2.05, 4.69) is 18.5 Å². The summed E-state index contributed by atoms with van der Waals surface area (Å²) in [5.74, 6) is -1.89. The molecule has 0 spiro atoms. The van der Waals surface area contributed by atoms with E-state index in [1.54, 1.807) is 0 Å². The summed E-state index contributed by atoms with van der Waals surface area (Å²) in [5.41, 5.74) is -0.280. The molecule has 0 atom stereocenters. The van der Waals surface area contributed by atoms with E-state index < -0.39 is 17.8 Å². The molecule has 0 fully saturated rings. The van der Waals surface area contributed by atoms with Crippen LogP contribution < -0.4 is 5.32 Å². The molecule has 0 aliphatic heterocycles. The lowest BCUT2D eigenvalue weighted by molar-refractivity contribution is 0.0698. The molecular formula is C14H15FN2O3. The summed E-state index contributed by atoms with van der Waals surface area (Å²) in [6, 6.07) is 2.52. The Kier molecular flexibility index (Phi) is 5.46. The zero-order valence-electron chi connectivity index (χ0n) is 10.8. The number of carbonyl (C=O) groups is 2. The van der Waals surface area contributed by atoms with Gasteiger partial charge in [-0.3, -0.25) is 0 Å². The average Bonchev–Trinajstić information content (AvgIpc) is 2.38. The van der Waals surface area contributed by atoms with Crippen LogP contribution in [0.25, 0.3) is 0 Å². The smallest absolute Gasteiger partial charge is 0.337 e. The maximum absolute atomic E-state index is 13.2. The van der Waals surface area contributed by atoms with Crippen molar-refractivity contribution in [1.82, 2.24) is 4.90 Å². The topological polar surface area (TPSA) is 69.6 Å². The second-order valence-electron chi connectivity index (χ2n) is 3.91. The lowest BCUT2D eigenvalue weighted by Crippen LogP contribution is -2.35. The number of hydrogen-bond donors (Lipinski definition) is 2. The van der Waals surface area contributed by atoms with Crippen molar-refractivity contribution in [3.8, 4) is 0 Å². The molecule has 0 aliphatic rings. The Labute approximate surface area is 116 Å². The van der Waals surface area contributed by atoms with E-state index in [9.17, 15) is 14.0 Å². The number of carboxylic acids is 1. The van der Waals surface area contributed by atoms with Crippen LogP contribution in [0.5, 0.6) is 0 Å². The first-order chi connectivity index (χ1) is 9.49. The fraction of sp³-hybridized carbons (Fsp3) is 0.143. The number of anilines is 1. The summed E-state index contributed by atoms with van der Waals surface area (Å²) in [6.07, 6.45) is 3.04. The first-order valence-electron chi connectivity index (χ1n) is 5.80. The van der Waals surface area contributed by atoms with E-state index in [0.717, 1.165) is 18.2 Å². The molecule has 2 amide bonds. The molecule has 1 rings (SSSR count). The van der Waals surface area contributed by atoms with Gasteiger partial charge in [0.1, 0.15) is 5.82 Å². The Morgan fingerprint density at radius 1 is 1.30 bits per heavy atom. The summed E-state index contributed by atoms with van der Waals surface area (Å²) < 4.78 is 13.2. The number of urea groups is 1. The zero-order chi connectivity index (χ0) is 15.1. The van der Waals surface area contributed by atoms with Crippen molar-refractivity contribution in [1.29, 1.82) is 0 Å². The summed E-state index contributed by atoms with van der Waals surface area (Å²) >= 11 is 0. The highest BCUT2D eigenvalue weighted by Crippen LogP contribution is 2.18. The number of amides is 2. The zero-order valence-corrected chi connectivity index (χ0v) is 10.8. The van der Waals surface area contributed by atoms with Crippen molar-refractivity contribution in [2.45, 2.75) is 0 Å². The van der Waals surface area contributed by atoms with E-state index >= 15 is 0 Å². The SMILES string of the molecule is C=CCN(CC=C)C(=O)Nc1cc(F)ccc1C(=O)O. The number of hydrogen-bond acceptors (Lipinski definition) is 2. The molecule has 0 saturated carbocycles. The van der Waals surface area contributed by atoms with Crippen molar-refractivity contribution in [2.24, 2.45) is 0 Å². The normalized spacial score (nSPS) is 9.65. The van der Waals surface area contributed by atoms with Gasteiger partial charge in [0.2, 0.25) is 0 Å². The lowest BCUT2D eigenvalue weighted by Gasteiger charge is -2.20. The number of rotatable bonds is 6. The first kappa shape index (κ1) is 15.4. The van der Waals surface area contributed by atoms with Gasteiger partial charge in [0.15, 0.2) is 0 Å². The minimum absolute atomic E-state index is 0.0966. The summed E-state index contributed by atoms with van der Waals surface area (Å²) in [4.78, 5) is 24.3. The minimum atomic E-state index is -1.25. The van der Waals surface area contributed by atoms with E-state index in [4.69, 9.17) is 5.11 Å². The largest absolute Gasteiger partial charge is 0.478 e. The molecule has 0 saturated heterocycles. The summed E-state index contributed by atoms with van der Waals surface area (Å²) in [5, 5.41) is 11.4. The Balaban J connectivity index is 2.98. The van der Waals surface area contributed by atoms with Gasteiger partial charge in [0, 0.05) is 13.1 Å². The van der Waals surface area contributed by atoms with E-state index in [-0.39, 0.29) is 24.3 Å². The van der Waals surface area contributed by atoms with Crippen LogP contribution in [0.3, 0.4) is 0 Å². The third-order valence-corrected chi connectivity index (χ3v) is 2.44.